The molecule has 120 valence electrons. The number of hydrogen-bond donors (Lipinski definition) is 1. The summed E-state index contributed by atoms with van der Waals surface area (Å²) in [5.41, 5.74) is 2.88. The molecule has 24 heavy (non-hydrogen) atoms. The first-order valence-corrected chi connectivity index (χ1v) is 8.41. The van der Waals surface area contributed by atoms with Crippen molar-refractivity contribution in [3.63, 3.8) is 0 Å². The first kappa shape index (κ1) is 16.1. The van der Waals surface area contributed by atoms with Crippen LogP contribution in [0.2, 0.25) is 0 Å². The molecule has 1 aromatic heterocycles. The van der Waals surface area contributed by atoms with Crippen molar-refractivity contribution in [1.82, 2.24) is 4.98 Å². The van der Waals surface area contributed by atoms with E-state index < -0.39 is 0 Å². The summed E-state index contributed by atoms with van der Waals surface area (Å²) in [7, 11) is 0. The number of benzene rings is 2. The molecule has 0 saturated heterocycles. The van der Waals surface area contributed by atoms with Gasteiger partial charge in [-0.1, -0.05) is 59.8 Å². The molecule has 1 N–H and O–H groups in total. The molecule has 0 bridgehead atoms. The van der Waals surface area contributed by atoms with Gasteiger partial charge in [-0.05, 0) is 5.56 Å². The molecule has 4 nitrogen and oxygen atoms in total. The predicted octanol–water partition coefficient (Wildman–Crippen LogP) is 3.72. The summed E-state index contributed by atoms with van der Waals surface area (Å²) < 4.78 is 0. The Labute approximate surface area is 144 Å². The Morgan fingerprint density at radius 2 is 1.79 bits per heavy atom. The lowest BCUT2D eigenvalue weighted by atomic mass is 9.94. The summed E-state index contributed by atoms with van der Waals surface area (Å²) >= 11 is 1.48. The highest BCUT2D eigenvalue weighted by Gasteiger charge is 2.15. The van der Waals surface area contributed by atoms with E-state index in [1.165, 1.54) is 11.3 Å². The Morgan fingerprint density at radius 3 is 2.50 bits per heavy atom. The van der Waals surface area contributed by atoms with Crippen molar-refractivity contribution in [3.05, 3.63) is 87.9 Å². The van der Waals surface area contributed by atoms with E-state index in [4.69, 9.17) is 0 Å². The van der Waals surface area contributed by atoms with E-state index in [0.717, 1.165) is 21.7 Å². The molecule has 0 amide bonds. The van der Waals surface area contributed by atoms with E-state index >= 15 is 0 Å². The average molecular weight is 336 g/mol. The summed E-state index contributed by atoms with van der Waals surface area (Å²) in [6, 6.07) is 17.0. The summed E-state index contributed by atoms with van der Waals surface area (Å²) in [6.45, 7) is 0. The summed E-state index contributed by atoms with van der Waals surface area (Å²) in [4.78, 5) is 16.5. The maximum Gasteiger partial charge on any atom is 0.144 e. The van der Waals surface area contributed by atoms with E-state index in [1.807, 2.05) is 60.0 Å². The van der Waals surface area contributed by atoms with Gasteiger partial charge in [-0.3, -0.25) is 4.79 Å². The Kier molecular flexibility index (Phi) is 5.13. The number of oxime groups is 1. The van der Waals surface area contributed by atoms with E-state index in [0.29, 0.717) is 12.1 Å². The number of rotatable bonds is 6. The highest BCUT2D eigenvalue weighted by Crippen LogP contribution is 2.17. The van der Waals surface area contributed by atoms with Crippen LogP contribution in [0.15, 0.2) is 71.3 Å². The number of carbonyl (C=O) groups excluding carboxylic acids is 1. The first-order chi connectivity index (χ1) is 11.8. The smallest absolute Gasteiger partial charge is 0.144 e. The van der Waals surface area contributed by atoms with E-state index in [2.05, 4.69) is 10.1 Å². The van der Waals surface area contributed by atoms with Gasteiger partial charge in [0.1, 0.15) is 11.5 Å². The van der Waals surface area contributed by atoms with Crippen LogP contribution in [0.25, 0.3) is 0 Å². The molecule has 3 rings (SSSR count). The van der Waals surface area contributed by atoms with Crippen LogP contribution in [0, 0.1) is 0 Å². The molecule has 5 heteroatoms. The van der Waals surface area contributed by atoms with Crippen LogP contribution in [0.1, 0.15) is 21.7 Å². The molecule has 0 aliphatic carbocycles. The third-order valence-corrected chi connectivity index (χ3v) is 4.42. The van der Waals surface area contributed by atoms with Crippen molar-refractivity contribution < 1.29 is 10.0 Å². The van der Waals surface area contributed by atoms with Crippen LogP contribution in [-0.2, 0) is 17.6 Å². The van der Waals surface area contributed by atoms with Gasteiger partial charge in [0.25, 0.3) is 0 Å². The van der Waals surface area contributed by atoms with Crippen LogP contribution in [-0.4, -0.2) is 21.7 Å². The molecule has 0 aliphatic rings. The van der Waals surface area contributed by atoms with Crippen LogP contribution in [0.5, 0.6) is 0 Å². The van der Waals surface area contributed by atoms with Gasteiger partial charge in [-0.15, -0.1) is 11.3 Å². The van der Waals surface area contributed by atoms with Gasteiger partial charge < -0.3 is 5.21 Å². The minimum atomic E-state index is 0.0859. The molecule has 0 saturated carbocycles. The SMILES string of the molecule is O=C(Cc1nccs1)Cc1ccccc1/C(=N/O)c1ccccc1. The molecule has 0 aliphatic heterocycles. The zero-order chi connectivity index (χ0) is 16.8. The minimum absolute atomic E-state index is 0.0859. The van der Waals surface area contributed by atoms with E-state index in [9.17, 15) is 10.0 Å². The minimum Gasteiger partial charge on any atom is -0.410 e. The second-order valence-electron chi connectivity index (χ2n) is 5.29. The monoisotopic (exact) mass is 336 g/mol. The molecule has 0 fully saturated rings. The van der Waals surface area contributed by atoms with E-state index in [1.54, 1.807) is 6.20 Å². The zero-order valence-electron chi connectivity index (χ0n) is 12.9. The second-order valence-corrected chi connectivity index (χ2v) is 6.27. The maximum absolute atomic E-state index is 12.3. The number of hydrogen-bond acceptors (Lipinski definition) is 5. The van der Waals surface area contributed by atoms with Crippen LogP contribution >= 0.6 is 11.3 Å². The van der Waals surface area contributed by atoms with Gasteiger partial charge >= 0.3 is 0 Å². The number of Topliss-reactive ketones (excluding diaryl/α,β-unsaturated/α-hetero) is 1. The molecule has 0 atom stereocenters. The number of ketones is 1. The van der Waals surface area contributed by atoms with Crippen LogP contribution in [0.3, 0.4) is 0 Å². The summed E-state index contributed by atoms with van der Waals surface area (Å²) in [5.74, 6) is 0.0859. The van der Waals surface area contributed by atoms with Gasteiger partial charge in [-0.2, -0.15) is 0 Å². The lowest BCUT2D eigenvalue weighted by Crippen LogP contribution is -2.12. The fourth-order valence-electron chi connectivity index (χ4n) is 2.55. The average Bonchev–Trinajstić information content (AvgIpc) is 3.11. The van der Waals surface area contributed by atoms with Gasteiger partial charge in [0.15, 0.2) is 0 Å². The largest absolute Gasteiger partial charge is 0.410 e. The van der Waals surface area contributed by atoms with Crippen molar-refractivity contribution >= 4 is 22.8 Å². The number of thiazole rings is 1. The summed E-state index contributed by atoms with van der Waals surface area (Å²) in [5, 5.41) is 15.6. The first-order valence-electron chi connectivity index (χ1n) is 7.53. The Morgan fingerprint density at radius 1 is 1.04 bits per heavy atom. The van der Waals surface area contributed by atoms with Crippen molar-refractivity contribution in [2.45, 2.75) is 12.8 Å². The van der Waals surface area contributed by atoms with Crippen molar-refractivity contribution in [2.75, 3.05) is 0 Å². The molecule has 0 spiro atoms. The van der Waals surface area contributed by atoms with Gasteiger partial charge in [0, 0.05) is 29.1 Å². The Hall–Kier alpha value is -2.79. The van der Waals surface area contributed by atoms with Gasteiger partial charge in [-0.25, -0.2) is 4.98 Å². The predicted molar refractivity (Wildman–Crippen MR) is 94.8 cm³/mol. The molecule has 0 radical (unpaired) electrons. The number of nitrogens with zero attached hydrogens (tertiary/aromatic N) is 2. The fraction of sp³-hybridized carbons (Fsp3) is 0.105. The molecule has 0 unspecified atom stereocenters. The van der Waals surface area contributed by atoms with Crippen LogP contribution in [0.4, 0.5) is 0 Å². The lowest BCUT2D eigenvalue weighted by Gasteiger charge is -2.10. The third-order valence-electron chi connectivity index (χ3n) is 3.64. The van der Waals surface area contributed by atoms with E-state index in [-0.39, 0.29) is 12.2 Å². The van der Waals surface area contributed by atoms with Crippen LogP contribution < -0.4 is 0 Å². The molecule has 1 heterocycles. The van der Waals surface area contributed by atoms with Gasteiger partial charge in [0.2, 0.25) is 0 Å². The number of aromatic nitrogens is 1. The topological polar surface area (TPSA) is 62.5 Å². The molecule has 3 aromatic rings. The summed E-state index contributed by atoms with van der Waals surface area (Å²) in [6.07, 6.45) is 2.30. The fourth-order valence-corrected chi connectivity index (χ4v) is 3.20. The zero-order valence-corrected chi connectivity index (χ0v) is 13.7. The second kappa shape index (κ2) is 7.66. The van der Waals surface area contributed by atoms with Crippen molar-refractivity contribution in [2.24, 2.45) is 5.16 Å². The Bertz CT molecular complexity index is 843. The Balaban J connectivity index is 1.86. The molecule has 2 aromatic carbocycles. The lowest BCUT2D eigenvalue weighted by molar-refractivity contribution is -0.117. The highest BCUT2D eigenvalue weighted by molar-refractivity contribution is 7.09. The molecular weight excluding hydrogens is 320 g/mol. The highest BCUT2D eigenvalue weighted by atomic mass is 32.1. The third kappa shape index (κ3) is 3.75. The van der Waals surface area contributed by atoms with Gasteiger partial charge in [0.05, 0.1) is 11.4 Å². The maximum atomic E-state index is 12.3. The quantitative estimate of drug-likeness (QED) is 0.424. The molecular formula is C19H16N2O2S. The standard InChI is InChI=1S/C19H16N2O2S/c22-16(13-18-20-10-11-24-18)12-15-8-4-5-9-17(15)19(21-23)14-6-2-1-3-7-14/h1-11,23H,12-13H2/b21-19+. The number of carbonyl (C=O) groups is 1. The van der Waals surface area contributed by atoms with Crippen molar-refractivity contribution in [3.8, 4) is 0 Å². The normalized spacial score (nSPS) is 11.4. The van der Waals surface area contributed by atoms with Crippen molar-refractivity contribution in [1.29, 1.82) is 0 Å².